The van der Waals surface area contributed by atoms with E-state index >= 15 is 0 Å². The average molecular weight is 596 g/mol. The minimum atomic E-state index is -0.660. The zero-order valence-electron chi connectivity index (χ0n) is 21.8. The fourth-order valence-corrected chi connectivity index (χ4v) is 5.26. The molecule has 2 aromatic carbocycles. The number of benzene rings is 2. The lowest BCUT2D eigenvalue weighted by Crippen LogP contribution is -2.41. The molecule has 0 saturated carbocycles. The van der Waals surface area contributed by atoms with Gasteiger partial charge in [0, 0.05) is 23.1 Å². The first kappa shape index (κ1) is 26.9. The molecule has 1 N–H and O–H groups in total. The molecular weight excluding hydrogens is 566 g/mol. The van der Waals surface area contributed by atoms with Crippen LogP contribution < -0.4 is 5.32 Å². The number of nitrogens with zero attached hydrogens (tertiary/aromatic N) is 1. The number of ether oxygens (including phenoxy) is 1. The molecule has 196 valence electrons. The molecule has 0 radical (unpaired) electrons. The standard InChI is InChI=1S/C29H29BBrClN2O4/c1-28(2)29(3,4)38-30(37-28)19(13-18-14-26(32)33-16-25(18)31)15-34-27(35)36-17-24-22-11-7-5-9-20(22)21-10-6-8-12-23(21)24/h5-14,16,24H,15,17H2,1-4H3,(H,34,35). The molecule has 9 heteroatoms. The van der Waals surface area contributed by atoms with Crippen molar-refractivity contribution in [1.82, 2.24) is 10.3 Å². The molecule has 3 aromatic rings. The maximum atomic E-state index is 12.9. The average Bonchev–Trinajstić information content (AvgIpc) is 3.31. The van der Waals surface area contributed by atoms with E-state index in [2.05, 4.69) is 50.5 Å². The van der Waals surface area contributed by atoms with E-state index in [4.69, 9.17) is 25.6 Å². The van der Waals surface area contributed by atoms with Gasteiger partial charge in [0.15, 0.2) is 0 Å². The molecule has 1 saturated heterocycles. The summed E-state index contributed by atoms with van der Waals surface area (Å²) < 4.78 is 19.0. The summed E-state index contributed by atoms with van der Waals surface area (Å²) in [5.41, 5.74) is 5.15. The Balaban J connectivity index is 1.31. The van der Waals surface area contributed by atoms with Crippen molar-refractivity contribution in [1.29, 1.82) is 0 Å². The van der Waals surface area contributed by atoms with E-state index in [-0.39, 0.29) is 19.1 Å². The van der Waals surface area contributed by atoms with Gasteiger partial charge in [-0.05, 0) is 83.0 Å². The van der Waals surface area contributed by atoms with E-state index in [9.17, 15) is 4.79 Å². The second kappa shape index (κ2) is 10.5. The van der Waals surface area contributed by atoms with Gasteiger partial charge in [-0.15, -0.1) is 0 Å². The Kier molecular flexibility index (Phi) is 7.44. The first-order chi connectivity index (χ1) is 18.1. The molecule has 1 aliphatic carbocycles. The van der Waals surface area contributed by atoms with Gasteiger partial charge in [-0.2, -0.15) is 0 Å². The van der Waals surface area contributed by atoms with E-state index in [0.717, 1.165) is 15.5 Å². The summed E-state index contributed by atoms with van der Waals surface area (Å²) in [7, 11) is -0.660. The molecule has 5 rings (SSSR count). The Labute approximate surface area is 237 Å². The minimum Gasteiger partial charge on any atom is -0.449 e. The van der Waals surface area contributed by atoms with Crippen LogP contribution in [0.15, 0.2) is 70.7 Å². The van der Waals surface area contributed by atoms with E-state index in [0.29, 0.717) is 5.15 Å². The second-order valence-corrected chi connectivity index (χ2v) is 11.8. The number of halogens is 2. The molecule has 0 atom stereocenters. The highest BCUT2D eigenvalue weighted by Gasteiger charge is 2.52. The van der Waals surface area contributed by atoms with Crippen molar-refractivity contribution in [2.75, 3.05) is 13.2 Å². The van der Waals surface area contributed by atoms with Crippen molar-refractivity contribution in [3.63, 3.8) is 0 Å². The molecule has 1 aliphatic heterocycles. The molecule has 6 nitrogen and oxygen atoms in total. The minimum absolute atomic E-state index is 0.0128. The Morgan fingerprint density at radius 3 is 2.26 bits per heavy atom. The quantitative estimate of drug-likeness (QED) is 0.244. The molecule has 1 aromatic heterocycles. The number of carbonyl (C=O) groups excluding carboxylic acids is 1. The van der Waals surface area contributed by atoms with Crippen molar-refractivity contribution >= 4 is 46.8 Å². The van der Waals surface area contributed by atoms with Crippen molar-refractivity contribution in [3.05, 3.63) is 92.6 Å². The number of alkyl carbamates (subject to hydrolysis) is 1. The van der Waals surface area contributed by atoms with Crippen LogP contribution in [-0.4, -0.2) is 42.5 Å². The summed E-state index contributed by atoms with van der Waals surface area (Å²) in [5.74, 6) is -0.0128. The van der Waals surface area contributed by atoms with E-state index in [1.165, 1.54) is 22.3 Å². The molecule has 0 bridgehead atoms. The van der Waals surface area contributed by atoms with Crippen LogP contribution in [0.1, 0.15) is 50.3 Å². The fourth-order valence-electron chi connectivity index (χ4n) is 4.76. The van der Waals surface area contributed by atoms with Crippen LogP contribution in [0, 0.1) is 0 Å². The van der Waals surface area contributed by atoms with Crippen molar-refractivity contribution in [2.24, 2.45) is 0 Å². The summed E-state index contributed by atoms with van der Waals surface area (Å²) in [4.78, 5) is 17.0. The maximum Gasteiger partial charge on any atom is 0.492 e. The smallest absolute Gasteiger partial charge is 0.449 e. The number of hydrogen-bond donors (Lipinski definition) is 1. The number of nitrogens with one attached hydrogen (secondary N) is 1. The van der Waals surface area contributed by atoms with Crippen LogP contribution in [0.2, 0.25) is 5.15 Å². The molecule has 0 unspecified atom stereocenters. The zero-order valence-corrected chi connectivity index (χ0v) is 24.1. The summed E-state index contributed by atoms with van der Waals surface area (Å²) in [6.07, 6.45) is 3.01. The van der Waals surface area contributed by atoms with E-state index in [1.807, 2.05) is 58.0 Å². The van der Waals surface area contributed by atoms with Gasteiger partial charge >= 0.3 is 13.2 Å². The van der Waals surface area contributed by atoms with Gasteiger partial charge < -0.3 is 19.4 Å². The third-order valence-electron chi connectivity index (χ3n) is 7.53. The van der Waals surface area contributed by atoms with Gasteiger partial charge in [0.05, 0.1) is 11.2 Å². The summed E-state index contributed by atoms with van der Waals surface area (Å²) >= 11 is 9.66. The third-order valence-corrected chi connectivity index (χ3v) is 8.40. The zero-order chi connectivity index (χ0) is 27.1. The lowest BCUT2D eigenvalue weighted by molar-refractivity contribution is 0.00578. The molecule has 38 heavy (non-hydrogen) atoms. The number of hydrogen-bond acceptors (Lipinski definition) is 5. The Morgan fingerprint density at radius 1 is 1.08 bits per heavy atom. The molecule has 2 heterocycles. The predicted molar refractivity (Wildman–Crippen MR) is 154 cm³/mol. The maximum absolute atomic E-state index is 12.9. The predicted octanol–water partition coefficient (Wildman–Crippen LogP) is 7.05. The summed E-state index contributed by atoms with van der Waals surface area (Å²) in [6.45, 7) is 8.36. The number of fused-ring (bicyclic) bond motifs is 3. The highest BCUT2D eigenvalue weighted by Crippen LogP contribution is 2.44. The van der Waals surface area contributed by atoms with Crippen LogP contribution >= 0.6 is 27.5 Å². The largest absolute Gasteiger partial charge is 0.492 e. The summed E-state index contributed by atoms with van der Waals surface area (Å²) in [6, 6.07) is 18.2. The fraction of sp³-hybridized carbons (Fsp3) is 0.310. The molecule has 1 fully saturated rings. The SMILES string of the molecule is CC1(C)OB(C(=Cc2cc(Cl)ncc2Br)CNC(=O)OCC2c3ccccc3-c3ccccc32)OC1(C)C. The first-order valence-electron chi connectivity index (χ1n) is 12.5. The van der Waals surface area contributed by atoms with Gasteiger partial charge in [-0.25, -0.2) is 9.78 Å². The monoisotopic (exact) mass is 594 g/mol. The van der Waals surface area contributed by atoms with Crippen molar-refractivity contribution in [3.8, 4) is 11.1 Å². The van der Waals surface area contributed by atoms with Crippen LogP contribution in [0.5, 0.6) is 0 Å². The Hall–Kier alpha value is -2.65. The highest BCUT2D eigenvalue weighted by molar-refractivity contribution is 9.10. The lowest BCUT2D eigenvalue weighted by Gasteiger charge is -2.32. The van der Waals surface area contributed by atoms with E-state index < -0.39 is 24.4 Å². The number of carbonyl (C=O) groups is 1. The van der Waals surface area contributed by atoms with Crippen LogP contribution in [0.3, 0.4) is 0 Å². The van der Waals surface area contributed by atoms with Crippen LogP contribution in [0.4, 0.5) is 4.79 Å². The third kappa shape index (κ3) is 5.28. The number of aromatic nitrogens is 1. The van der Waals surface area contributed by atoms with Crippen LogP contribution in [0.25, 0.3) is 17.2 Å². The van der Waals surface area contributed by atoms with E-state index in [1.54, 1.807) is 12.3 Å². The van der Waals surface area contributed by atoms with Gasteiger partial charge in [0.25, 0.3) is 0 Å². The second-order valence-electron chi connectivity index (χ2n) is 10.5. The Bertz CT molecular complexity index is 1350. The molecular formula is C29H29BBrClN2O4. The lowest BCUT2D eigenvalue weighted by atomic mass is 9.77. The van der Waals surface area contributed by atoms with Gasteiger partial charge in [-0.3, -0.25) is 0 Å². The topological polar surface area (TPSA) is 69.7 Å². The highest BCUT2D eigenvalue weighted by atomic mass is 79.9. The van der Waals surface area contributed by atoms with Gasteiger partial charge in [-0.1, -0.05) is 66.2 Å². The molecule has 2 aliphatic rings. The number of pyridine rings is 1. The summed E-state index contributed by atoms with van der Waals surface area (Å²) in [5, 5.41) is 3.25. The first-order valence-corrected chi connectivity index (χ1v) is 13.7. The van der Waals surface area contributed by atoms with Gasteiger partial charge in [0.1, 0.15) is 11.8 Å². The molecule has 1 amide bonds. The number of amides is 1. The normalized spacial score (nSPS) is 17.7. The van der Waals surface area contributed by atoms with Crippen LogP contribution in [-0.2, 0) is 14.0 Å². The van der Waals surface area contributed by atoms with Crippen molar-refractivity contribution < 1.29 is 18.8 Å². The molecule has 0 spiro atoms. The van der Waals surface area contributed by atoms with Crippen molar-refractivity contribution in [2.45, 2.75) is 44.8 Å². The number of rotatable bonds is 6. The van der Waals surface area contributed by atoms with Gasteiger partial charge in [0.2, 0.25) is 0 Å². The Morgan fingerprint density at radius 2 is 1.66 bits per heavy atom.